The van der Waals surface area contributed by atoms with Crippen LogP contribution in [0.1, 0.15) is 30.1 Å². The largest absolute Gasteiger partial charge is 0.419 e. The van der Waals surface area contributed by atoms with Gasteiger partial charge in [-0.1, -0.05) is 39.7 Å². The first-order valence-electron chi connectivity index (χ1n) is 8.20. The molecule has 0 unspecified atom stereocenters. The van der Waals surface area contributed by atoms with Crippen LogP contribution >= 0.6 is 27.5 Å². The van der Waals surface area contributed by atoms with Crippen molar-refractivity contribution in [1.29, 1.82) is 0 Å². The molecule has 0 aliphatic carbocycles. The fraction of sp³-hybridized carbons (Fsp3) is 0.211. The van der Waals surface area contributed by atoms with E-state index in [-0.39, 0.29) is 29.9 Å². The number of hydrogen-bond donors (Lipinski definition) is 0. The number of amides is 1. The van der Waals surface area contributed by atoms with E-state index in [0.717, 1.165) is 0 Å². The maximum Gasteiger partial charge on any atom is 0.257 e. The van der Waals surface area contributed by atoms with Gasteiger partial charge in [0.25, 0.3) is 5.91 Å². The molecule has 8 heteroatoms. The van der Waals surface area contributed by atoms with Crippen LogP contribution in [-0.2, 0) is 6.54 Å². The number of hydrogen-bond acceptors (Lipinski definition) is 4. The molecule has 0 fully saturated rings. The highest BCUT2D eigenvalue weighted by molar-refractivity contribution is 9.10. The van der Waals surface area contributed by atoms with Gasteiger partial charge < -0.3 is 9.32 Å². The standard InChI is InChI=1S/C19H16BrClFN3O2/c1-11(2)25(19(26)14-9-12(20)7-8-16(14)22)10-17-23-24-18(27-17)13-5-3-4-6-15(13)21/h3-9,11H,10H2,1-2H3. The van der Waals surface area contributed by atoms with Crippen molar-refractivity contribution in [2.24, 2.45) is 0 Å². The molecular formula is C19H16BrClFN3O2. The zero-order chi connectivity index (χ0) is 19.6. The van der Waals surface area contributed by atoms with Crippen molar-refractivity contribution in [3.8, 4) is 11.5 Å². The third-order valence-electron chi connectivity index (χ3n) is 3.92. The van der Waals surface area contributed by atoms with Gasteiger partial charge in [-0.2, -0.15) is 0 Å². The van der Waals surface area contributed by atoms with Gasteiger partial charge in [0.05, 0.1) is 22.7 Å². The summed E-state index contributed by atoms with van der Waals surface area (Å²) >= 11 is 9.41. The summed E-state index contributed by atoms with van der Waals surface area (Å²) in [4.78, 5) is 14.3. The second kappa shape index (κ2) is 8.19. The first kappa shape index (κ1) is 19.5. The van der Waals surface area contributed by atoms with Crippen molar-refractivity contribution in [3.05, 3.63) is 69.2 Å². The van der Waals surface area contributed by atoms with E-state index < -0.39 is 11.7 Å². The molecular weight excluding hydrogens is 437 g/mol. The van der Waals surface area contributed by atoms with E-state index in [1.165, 1.54) is 17.0 Å². The van der Waals surface area contributed by atoms with Gasteiger partial charge in [-0.05, 0) is 44.2 Å². The Morgan fingerprint density at radius 2 is 2.00 bits per heavy atom. The topological polar surface area (TPSA) is 59.2 Å². The van der Waals surface area contributed by atoms with Crippen molar-refractivity contribution in [2.45, 2.75) is 26.4 Å². The number of aromatic nitrogens is 2. The summed E-state index contributed by atoms with van der Waals surface area (Å²) < 4.78 is 20.4. The van der Waals surface area contributed by atoms with E-state index in [4.69, 9.17) is 16.0 Å². The van der Waals surface area contributed by atoms with Gasteiger partial charge in [-0.25, -0.2) is 4.39 Å². The van der Waals surface area contributed by atoms with E-state index in [9.17, 15) is 9.18 Å². The molecule has 0 spiro atoms. The molecule has 0 saturated carbocycles. The average Bonchev–Trinajstić information content (AvgIpc) is 3.10. The van der Waals surface area contributed by atoms with Gasteiger partial charge in [-0.3, -0.25) is 4.79 Å². The molecule has 3 aromatic rings. The zero-order valence-electron chi connectivity index (χ0n) is 14.6. The first-order valence-corrected chi connectivity index (χ1v) is 9.37. The van der Waals surface area contributed by atoms with Crippen LogP contribution in [-0.4, -0.2) is 27.0 Å². The Morgan fingerprint density at radius 3 is 2.70 bits per heavy atom. The number of halogens is 3. The normalized spacial score (nSPS) is 11.0. The van der Waals surface area contributed by atoms with Crippen molar-refractivity contribution in [3.63, 3.8) is 0 Å². The van der Waals surface area contributed by atoms with E-state index in [1.54, 1.807) is 24.3 Å². The lowest BCUT2D eigenvalue weighted by Crippen LogP contribution is -2.37. The molecule has 0 atom stereocenters. The molecule has 5 nitrogen and oxygen atoms in total. The van der Waals surface area contributed by atoms with Crippen LogP contribution in [0.3, 0.4) is 0 Å². The molecule has 140 valence electrons. The van der Waals surface area contributed by atoms with Gasteiger partial charge in [0.2, 0.25) is 11.8 Å². The summed E-state index contributed by atoms with van der Waals surface area (Å²) in [6.45, 7) is 3.72. The predicted molar refractivity (Wildman–Crippen MR) is 104 cm³/mol. The average molecular weight is 453 g/mol. The first-order chi connectivity index (χ1) is 12.9. The lowest BCUT2D eigenvalue weighted by atomic mass is 10.1. The van der Waals surface area contributed by atoms with Crippen LogP contribution in [0.15, 0.2) is 51.4 Å². The van der Waals surface area contributed by atoms with Gasteiger partial charge in [-0.15, -0.1) is 10.2 Å². The number of rotatable bonds is 5. The second-order valence-electron chi connectivity index (χ2n) is 6.13. The molecule has 1 heterocycles. The molecule has 1 amide bonds. The van der Waals surface area contributed by atoms with Gasteiger partial charge in [0.1, 0.15) is 5.82 Å². The maximum atomic E-state index is 14.1. The highest BCUT2D eigenvalue weighted by atomic mass is 79.9. The molecule has 0 radical (unpaired) electrons. The van der Waals surface area contributed by atoms with Crippen LogP contribution < -0.4 is 0 Å². The van der Waals surface area contributed by atoms with Gasteiger partial charge >= 0.3 is 0 Å². The van der Waals surface area contributed by atoms with Crippen LogP contribution in [0.4, 0.5) is 4.39 Å². The molecule has 27 heavy (non-hydrogen) atoms. The smallest absolute Gasteiger partial charge is 0.257 e. The second-order valence-corrected chi connectivity index (χ2v) is 7.45. The summed E-state index contributed by atoms with van der Waals surface area (Å²) in [6.07, 6.45) is 0. The Morgan fingerprint density at radius 1 is 1.26 bits per heavy atom. The van der Waals surface area contributed by atoms with E-state index in [2.05, 4.69) is 26.1 Å². The number of benzene rings is 2. The maximum absolute atomic E-state index is 14.1. The van der Waals surface area contributed by atoms with Crippen LogP contribution in [0.2, 0.25) is 5.02 Å². The molecule has 0 bridgehead atoms. The predicted octanol–water partition coefficient (Wildman–Crippen LogP) is 5.34. The summed E-state index contributed by atoms with van der Waals surface area (Å²) in [6, 6.07) is 11.1. The lowest BCUT2D eigenvalue weighted by molar-refractivity contribution is 0.0667. The van der Waals surface area contributed by atoms with Crippen LogP contribution in [0.5, 0.6) is 0 Å². The summed E-state index contributed by atoms with van der Waals surface area (Å²) in [5.41, 5.74) is 0.585. The quantitative estimate of drug-likeness (QED) is 0.524. The van der Waals surface area contributed by atoms with Crippen molar-refractivity contribution >= 4 is 33.4 Å². The third-order valence-corrected chi connectivity index (χ3v) is 4.74. The molecule has 0 saturated heterocycles. The van der Waals surface area contributed by atoms with E-state index >= 15 is 0 Å². The Kier molecular flexibility index (Phi) is 5.92. The minimum Gasteiger partial charge on any atom is -0.419 e. The number of carbonyl (C=O) groups excluding carboxylic acids is 1. The lowest BCUT2D eigenvalue weighted by Gasteiger charge is -2.25. The Bertz CT molecular complexity index is 977. The molecule has 0 N–H and O–H groups in total. The molecule has 2 aromatic carbocycles. The molecule has 3 rings (SSSR count). The zero-order valence-corrected chi connectivity index (χ0v) is 17.0. The Labute approximate surface area is 169 Å². The van der Waals surface area contributed by atoms with E-state index in [1.807, 2.05) is 19.9 Å². The number of nitrogens with zero attached hydrogens (tertiary/aromatic N) is 3. The summed E-state index contributed by atoms with van der Waals surface area (Å²) in [5.74, 6) is -0.541. The fourth-order valence-corrected chi connectivity index (χ4v) is 3.09. The summed E-state index contributed by atoms with van der Waals surface area (Å²) in [7, 11) is 0. The molecule has 0 aliphatic rings. The van der Waals surface area contributed by atoms with Crippen molar-refractivity contribution in [2.75, 3.05) is 0 Å². The molecule has 0 aliphatic heterocycles. The highest BCUT2D eigenvalue weighted by Gasteiger charge is 2.24. The monoisotopic (exact) mass is 451 g/mol. The highest BCUT2D eigenvalue weighted by Crippen LogP contribution is 2.27. The Hall–Kier alpha value is -2.25. The minimum absolute atomic E-state index is 0.0242. The van der Waals surface area contributed by atoms with E-state index in [0.29, 0.717) is 15.1 Å². The number of carbonyl (C=O) groups is 1. The van der Waals surface area contributed by atoms with Crippen molar-refractivity contribution < 1.29 is 13.6 Å². The SMILES string of the molecule is CC(C)N(Cc1nnc(-c2ccccc2Cl)o1)C(=O)c1cc(Br)ccc1F. The minimum atomic E-state index is -0.587. The van der Waals surface area contributed by atoms with Gasteiger partial charge in [0.15, 0.2) is 0 Å². The van der Waals surface area contributed by atoms with Crippen LogP contribution in [0, 0.1) is 5.82 Å². The van der Waals surface area contributed by atoms with Crippen molar-refractivity contribution in [1.82, 2.24) is 15.1 Å². The fourth-order valence-electron chi connectivity index (χ4n) is 2.51. The Balaban J connectivity index is 1.86. The summed E-state index contributed by atoms with van der Waals surface area (Å²) in [5, 5.41) is 8.49. The van der Waals surface area contributed by atoms with Gasteiger partial charge in [0, 0.05) is 10.5 Å². The van der Waals surface area contributed by atoms with Crippen LogP contribution in [0.25, 0.3) is 11.5 Å². The third kappa shape index (κ3) is 4.36. The molecule has 1 aromatic heterocycles.